The number of hydrogen-bond donors (Lipinski definition) is 3. The van der Waals surface area contributed by atoms with Crippen molar-refractivity contribution in [1.82, 2.24) is 10.6 Å². The van der Waals surface area contributed by atoms with Crippen molar-refractivity contribution >= 4 is 63.7 Å². The van der Waals surface area contributed by atoms with Crippen LogP contribution in [0.2, 0.25) is 0 Å². The molecule has 11 heteroatoms. The lowest BCUT2D eigenvalue weighted by Crippen LogP contribution is -2.56. The molecule has 0 bridgehead atoms. The molecule has 0 aliphatic rings. The standard InChI is InChI=1S/C20H22Cl3N3O4S/c1-11-7-5-6-8-13(11)24-19(31)26-18(20(21,22)23)25-17(27)12-9-14(28-2)16(30-4)15(10-12)29-3/h5-10,18H,1-4H3,(H,25,27)(H2,24,26,31)/t18-/m1/s1. The Morgan fingerprint density at radius 2 is 1.58 bits per heavy atom. The summed E-state index contributed by atoms with van der Waals surface area (Å²) in [6.45, 7) is 1.92. The summed E-state index contributed by atoms with van der Waals surface area (Å²) in [5, 5.41) is 8.61. The SMILES string of the molecule is COc1cc(C(=O)N[C@H](NC(=S)Nc2ccccc2C)C(Cl)(Cl)Cl)cc(OC)c1OC. The van der Waals surface area contributed by atoms with Crippen LogP contribution >= 0.6 is 47.0 Å². The van der Waals surface area contributed by atoms with Crippen LogP contribution in [0.5, 0.6) is 17.2 Å². The molecule has 0 unspecified atom stereocenters. The third-order valence-electron chi connectivity index (χ3n) is 4.20. The van der Waals surface area contributed by atoms with E-state index in [-0.39, 0.29) is 10.7 Å². The second kappa shape index (κ2) is 10.9. The number of aryl methyl sites for hydroxylation is 1. The number of carbonyl (C=O) groups excluding carboxylic acids is 1. The van der Waals surface area contributed by atoms with Crippen LogP contribution in [0.25, 0.3) is 0 Å². The topological polar surface area (TPSA) is 80.9 Å². The van der Waals surface area contributed by atoms with Gasteiger partial charge in [0.1, 0.15) is 6.17 Å². The summed E-state index contributed by atoms with van der Waals surface area (Å²) >= 11 is 23.5. The monoisotopic (exact) mass is 505 g/mol. The van der Waals surface area contributed by atoms with Gasteiger partial charge in [0.05, 0.1) is 21.3 Å². The Hall–Kier alpha value is -2.13. The number of amides is 1. The smallest absolute Gasteiger partial charge is 0.253 e. The molecule has 0 saturated heterocycles. The molecule has 3 N–H and O–H groups in total. The summed E-state index contributed by atoms with van der Waals surface area (Å²) in [5.41, 5.74) is 1.95. The minimum Gasteiger partial charge on any atom is -0.493 e. The average Bonchev–Trinajstić information content (AvgIpc) is 2.72. The fourth-order valence-electron chi connectivity index (χ4n) is 2.63. The Kier molecular flexibility index (Phi) is 8.88. The van der Waals surface area contributed by atoms with Gasteiger partial charge in [-0.15, -0.1) is 0 Å². The summed E-state index contributed by atoms with van der Waals surface area (Å²) in [6.07, 6.45) is -1.15. The Morgan fingerprint density at radius 1 is 1.00 bits per heavy atom. The van der Waals surface area contributed by atoms with Crippen LogP contribution in [-0.4, -0.2) is 42.3 Å². The number of hydrogen-bond acceptors (Lipinski definition) is 5. The molecule has 31 heavy (non-hydrogen) atoms. The van der Waals surface area contributed by atoms with Crippen molar-refractivity contribution in [3.8, 4) is 17.2 Å². The van der Waals surface area contributed by atoms with E-state index in [2.05, 4.69) is 16.0 Å². The fraction of sp³-hybridized carbons (Fsp3) is 0.300. The molecule has 0 aliphatic heterocycles. The predicted octanol–water partition coefficient (Wildman–Crippen LogP) is 4.43. The first kappa shape index (κ1) is 25.1. The minimum atomic E-state index is -1.91. The second-order valence-corrected chi connectivity index (χ2v) is 9.05. The van der Waals surface area contributed by atoms with Crippen LogP contribution in [0, 0.1) is 6.92 Å². The number of nitrogens with one attached hydrogen (secondary N) is 3. The number of methoxy groups -OCH3 is 3. The molecule has 2 aromatic carbocycles. The molecule has 0 heterocycles. The zero-order valence-electron chi connectivity index (χ0n) is 17.2. The molecule has 0 fully saturated rings. The maximum Gasteiger partial charge on any atom is 0.253 e. The number of anilines is 1. The molecule has 2 rings (SSSR count). The molecule has 168 valence electrons. The van der Waals surface area contributed by atoms with Gasteiger partial charge in [-0.1, -0.05) is 53.0 Å². The van der Waals surface area contributed by atoms with Crippen molar-refractivity contribution in [2.45, 2.75) is 16.9 Å². The van der Waals surface area contributed by atoms with Crippen molar-refractivity contribution in [3.05, 3.63) is 47.5 Å². The van der Waals surface area contributed by atoms with Gasteiger partial charge in [0.15, 0.2) is 16.6 Å². The molecular weight excluding hydrogens is 485 g/mol. The van der Waals surface area contributed by atoms with Crippen molar-refractivity contribution < 1.29 is 19.0 Å². The minimum absolute atomic E-state index is 0.163. The molecule has 7 nitrogen and oxygen atoms in total. The van der Waals surface area contributed by atoms with Crippen LogP contribution < -0.4 is 30.2 Å². The molecule has 0 saturated carbocycles. The van der Waals surface area contributed by atoms with E-state index in [1.807, 2.05) is 31.2 Å². The maximum absolute atomic E-state index is 12.9. The molecule has 2 aromatic rings. The van der Waals surface area contributed by atoms with Crippen molar-refractivity contribution in [2.24, 2.45) is 0 Å². The Balaban J connectivity index is 2.22. The Labute approximate surface area is 201 Å². The molecule has 0 radical (unpaired) electrons. The van der Waals surface area contributed by atoms with E-state index in [1.54, 1.807) is 0 Å². The zero-order chi connectivity index (χ0) is 23.2. The van der Waals surface area contributed by atoms with Gasteiger partial charge in [0.2, 0.25) is 9.54 Å². The normalized spacial score (nSPS) is 11.8. The van der Waals surface area contributed by atoms with Gasteiger partial charge in [0.25, 0.3) is 5.91 Å². The molecule has 0 aromatic heterocycles. The highest BCUT2D eigenvalue weighted by Gasteiger charge is 2.35. The van der Waals surface area contributed by atoms with Crippen LogP contribution in [0.15, 0.2) is 36.4 Å². The number of carbonyl (C=O) groups is 1. The van der Waals surface area contributed by atoms with Gasteiger partial charge in [-0.2, -0.15) is 0 Å². The lowest BCUT2D eigenvalue weighted by Gasteiger charge is -2.28. The van der Waals surface area contributed by atoms with E-state index in [4.69, 9.17) is 61.2 Å². The van der Waals surface area contributed by atoms with Crippen molar-refractivity contribution in [1.29, 1.82) is 0 Å². The lowest BCUT2D eigenvalue weighted by atomic mass is 10.1. The third-order valence-corrected chi connectivity index (χ3v) is 5.07. The van der Waals surface area contributed by atoms with E-state index in [0.29, 0.717) is 17.2 Å². The molecule has 0 spiro atoms. The van der Waals surface area contributed by atoms with Crippen molar-refractivity contribution in [3.63, 3.8) is 0 Å². The Bertz CT molecular complexity index is 929. The fourth-order valence-corrected chi connectivity index (χ4v) is 3.18. The summed E-state index contributed by atoms with van der Waals surface area (Å²) in [4.78, 5) is 12.9. The van der Waals surface area contributed by atoms with Gasteiger partial charge in [-0.25, -0.2) is 0 Å². The molecular formula is C20H22Cl3N3O4S. The number of ether oxygens (including phenoxy) is 3. The average molecular weight is 507 g/mol. The van der Waals surface area contributed by atoms with E-state index >= 15 is 0 Å². The number of alkyl halides is 3. The largest absolute Gasteiger partial charge is 0.493 e. The van der Waals surface area contributed by atoms with E-state index < -0.39 is 15.9 Å². The van der Waals surface area contributed by atoms with Gasteiger partial charge >= 0.3 is 0 Å². The number of para-hydroxylation sites is 1. The lowest BCUT2D eigenvalue weighted by molar-refractivity contribution is 0.0933. The number of halogens is 3. The van der Waals surface area contributed by atoms with E-state index in [9.17, 15) is 4.79 Å². The highest BCUT2D eigenvalue weighted by Crippen LogP contribution is 2.38. The molecule has 1 amide bonds. The number of benzene rings is 2. The third kappa shape index (κ3) is 6.67. The zero-order valence-corrected chi connectivity index (χ0v) is 20.3. The highest BCUT2D eigenvalue weighted by atomic mass is 35.6. The maximum atomic E-state index is 12.9. The van der Waals surface area contributed by atoms with E-state index in [0.717, 1.165) is 11.3 Å². The summed E-state index contributed by atoms with van der Waals surface area (Å²) < 4.78 is 13.9. The quantitative estimate of drug-likeness (QED) is 0.291. The van der Waals surface area contributed by atoms with Crippen LogP contribution in [-0.2, 0) is 0 Å². The van der Waals surface area contributed by atoms with Gasteiger partial charge in [0, 0.05) is 11.3 Å². The summed E-state index contributed by atoms with van der Waals surface area (Å²) in [5.74, 6) is 0.409. The van der Waals surface area contributed by atoms with Gasteiger partial charge < -0.3 is 30.2 Å². The first-order chi connectivity index (χ1) is 14.6. The first-order valence-electron chi connectivity index (χ1n) is 8.91. The van der Waals surface area contributed by atoms with Crippen LogP contribution in [0.4, 0.5) is 5.69 Å². The number of rotatable bonds is 7. The second-order valence-electron chi connectivity index (χ2n) is 6.28. The van der Waals surface area contributed by atoms with E-state index in [1.165, 1.54) is 33.5 Å². The van der Waals surface area contributed by atoms with Gasteiger partial charge in [-0.05, 0) is 42.9 Å². The predicted molar refractivity (Wildman–Crippen MR) is 128 cm³/mol. The summed E-state index contributed by atoms with van der Waals surface area (Å²) in [6, 6.07) is 10.5. The van der Waals surface area contributed by atoms with Crippen LogP contribution in [0.1, 0.15) is 15.9 Å². The first-order valence-corrected chi connectivity index (χ1v) is 10.5. The Morgan fingerprint density at radius 3 is 2.06 bits per heavy atom. The summed E-state index contributed by atoms with van der Waals surface area (Å²) in [7, 11) is 4.35. The highest BCUT2D eigenvalue weighted by molar-refractivity contribution is 7.80. The van der Waals surface area contributed by atoms with Crippen LogP contribution in [0.3, 0.4) is 0 Å². The number of thiocarbonyl (C=S) groups is 1. The molecule has 0 aliphatic carbocycles. The van der Waals surface area contributed by atoms with Crippen molar-refractivity contribution in [2.75, 3.05) is 26.6 Å². The van der Waals surface area contributed by atoms with Gasteiger partial charge in [-0.3, -0.25) is 4.79 Å². The molecule has 1 atom stereocenters.